The minimum atomic E-state index is -1.06. The lowest BCUT2D eigenvalue weighted by atomic mass is 9.87. The van der Waals surface area contributed by atoms with Gasteiger partial charge in [-0.25, -0.2) is 9.59 Å². The summed E-state index contributed by atoms with van der Waals surface area (Å²) in [4.78, 5) is 26.6. The minimum absolute atomic E-state index is 0.252. The molecule has 2 atom stereocenters. The van der Waals surface area contributed by atoms with Crippen molar-refractivity contribution in [3.63, 3.8) is 0 Å². The maximum absolute atomic E-state index is 13.3. The third kappa shape index (κ3) is 4.59. The van der Waals surface area contributed by atoms with E-state index in [1.54, 1.807) is 40.1 Å². The number of carboxylic acids is 1. The number of carbonyl (C=O) groups is 2. The van der Waals surface area contributed by atoms with E-state index in [0.717, 1.165) is 16.7 Å². The van der Waals surface area contributed by atoms with E-state index in [2.05, 4.69) is 5.32 Å². The predicted molar refractivity (Wildman–Crippen MR) is 120 cm³/mol. The fourth-order valence-electron chi connectivity index (χ4n) is 4.04. The van der Waals surface area contributed by atoms with Crippen LogP contribution in [-0.4, -0.2) is 55.9 Å². The number of benzene rings is 2. The Hall–Kier alpha value is -3.42. The summed E-state index contributed by atoms with van der Waals surface area (Å²) in [5.74, 6) is 0.593. The summed E-state index contributed by atoms with van der Waals surface area (Å²) in [6.45, 7) is 3.96. The van der Waals surface area contributed by atoms with Gasteiger partial charge >= 0.3 is 12.0 Å². The van der Waals surface area contributed by atoms with Gasteiger partial charge in [0.25, 0.3) is 0 Å². The molecule has 0 spiro atoms. The van der Waals surface area contributed by atoms with Crippen molar-refractivity contribution in [3.8, 4) is 17.2 Å². The lowest BCUT2D eigenvalue weighted by Crippen LogP contribution is -2.52. The first-order valence-corrected chi connectivity index (χ1v) is 10.5. The van der Waals surface area contributed by atoms with E-state index in [4.69, 9.17) is 14.2 Å². The van der Waals surface area contributed by atoms with E-state index in [9.17, 15) is 14.7 Å². The maximum Gasteiger partial charge on any atom is 0.326 e. The Morgan fingerprint density at radius 1 is 1.03 bits per heavy atom. The number of methoxy groups -OCH3 is 3. The fourth-order valence-corrected chi connectivity index (χ4v) is 4.04. The lowest BCUT2D eigenvalue weighted by molar-refractivity contribution is -0.140. The predicted octanol–water partition coefficient (Wildman–Crippen LogP) is 3.48. The van der Waals surface area contributed by atoms with E-state index < -0.39 is 24.1 Å². The summed E-state index contributed by atoms with van der Waals surface area (Å²) in [6, 6.07) is 9.50. The number of urea groups is 1. The second-order valence-electron chi connectivity index (χ2n) is 8.03. The van der Waals surface area contributed by atoms with Gasteiger partial charge in [-0.1, -0.05) is 26.0 Å². The molecule has 0 aliphatic carbocycles. The molecule has 0 saturated heterocycles. The van der Waals surface area contributed by atoms with Gasteiger partial charge in [0.2, 0.25) is 0 Å². The molecule has 8 nitrogen and oxygen atoms in total. The zero-order valence-corrected chi connectivity index (χ0v) is 19.0. The first kappa shape index (κ1) is 23.2. The van der Waals surface area contributed by atoms with E-state index >= 15 is 0 Å². The first-order chi connectivity index (χ1) is 15.3. The Morgan fingerprint density at radius 3 is 2.19 bits per heavy atom. The monoisotopic (exact) mass is 442 g/mol. The van der Waals surface area contributed by atoms with Crippen molar-refractivity contribution >= 4 is 12.0 Å². The van der Waals surface area contributed by atoms with Gasteiger partial charge in [-0.15, -0.1) is 0 Å². The number of carboxylic acid groups (broad SMARTS) is 1. The number of carbonyl (C=O) groups excluding carboxylic acids is 1. The second-order valence-corrected chi connectivity index (χ2v) is 8.03. The molecule has 2 aromatic rings. The average molecular weight is 443 g/mol. The highest BCUT2D eigenvalue weighted by molar-refractivity contribution is 5.83. The van der Waals surface area contributed by atoms with Crippen molar-refractivity contribution in [3.05, 3.63) is 53.1 Å². The van der Waals surface area contributed by atoms with Gasteiger partial charge in [-0.2, -0.15) is 0 Å². The number of nitrogens with zero attached hydrogens (tertiary/aromatic N) is 1. The molecule has 0 radical (unpaired) electrons. The summed E-state index contributed by atoms with van der Waals surface area (Å²) in [5.41, 5.74) is 2.84. The molecule has 2 amide bonds. The van der Waals surface area contributed by atoms with Crippen molar-refractivity contribution in [2.45, 2.75) is 32.4 Å². The minimum Gasteiger partial charge on any atom is -0.497 e. The van der Waals surface area contributed by atoms with Gasteiger partial charge < -0.3 is 29.5 Å². The Bertz CT molecular complexity index is 973. The van der Waals surface area contributed by atoms with Crippen molar-refractivity contribution in [1.82, 2.24) is 10.2 Å². The zero-order chi connectivity index (χ0) is 23.4. The quantitative estimate of drug-likeness (QED) is 0.681. The third-order valence-corrected chi connectivity index (χ3v) is 5.78. The Labute approximate surface area is 188 Å². The van der Waals surface area contributed by atoms with E-state index in [1.165, 1.54) is 0 Å². The second kappa shape index (κ2) is 9.80. The molecule has 1 heterocycles. The molecule has 172 valence electrons. The molecular weight excluding hydrogens is 412 g/mol. The van der Waals surface area contributed by atoms with Gasteiger partial charge in [0, 0.05) is 6.54 Å². The number of hydrogen-bond acceptors (Lipinski definition) is 5. The molecule has 0 bridgehead atoms. The molecule has 2 aromatic carbocycles. The van der Waals surface area contributed by atoms with Crippen LogP contribution in [0.25, 0.3) is 0 Å². The third-order valence-electron chi connectivity index (χ3n) is 5.78. The molecule has 0 aromatic heterocycles. The summed E-state index contributed by atoms with van der Waals surface area (Å²) >= 11 is 0. The number of hydrogen-bond donors (Lipinski definition) is 2. The zero-order valence-electron chi connectivity index (χ0n) is 19.0. The van der Waals surface area contributed by atoms with Gasteiger partial charge in [-0.3, -0.25) is 0 Å². The fraction of sp³-hybridized carbons (Fsp3) is 0.417. The van der Waals surface area contributed by atoms with Crippen LogP contribution in [-0.2, 0) is 11.2 Å². The Balaban J connectivity index is 2.07. The molecular formula is C24H30N2O6. The number of rotatable bonds is 7. The topological polar surface area (TPSA) is 97.3 Å². The van der Waals surface area contributed by atoms with Crippen LogP contribution < -0.4 is 19.5 Å². The molecule has 2 N–H and O–H groups in total. The Kier molecular flexibility index (Phi) is 7.12. The van der Waals surface area contributed by atoms with Crippen molar-refractivity contribution < 1.29 is 28.9 Å². The largest absolute Gasteiger partial charge is 0.497 e. The van der Waals surface area contributed by atoms with Crippen LogP contribution in [0.2, 0.25) is 0 Å². The lowest BCUT2D eigenvalue weighted by Gasteiger charge is -2.39. The van der Waals surface area contributed by atoms with Crippen LogP contribution >= 0.6 is 0 Å². The molecule has 0 saturated carbocycles. The first-order valence-electron chi connectivity index (χ1n) is 10.5. The number of nitrogens with one attached hydrogen (secondary N) is 1. The number of aliphatic carboxylic acids is 1. The van der Waals surface area contributed by atoms with Crippen LogP contribution in [0, 0.1) is 5.92 Å². The summed E-state index contributed by atoms with van der Waals surface area (Å²) in [5, 5.41) is 12.2. The Morgan fingerprint density at radius 2 is 1.66 bits per heavy atom. The van der Waals surface area contributed by atoms with Gasteiger partial charge in [0.1, 0.15) is 11.8 Å². The van der Waals surface area contributed by atoms with Crippen LogP contribution in [0.5, 0.6) is 17.2 Å². The van der Waals surface area contributed by atoms with Crippen molar-refractivity contribution in [1.29, 1.82) is 0 Å². The number of ether oxygens (including phenoxy) is 3. The van der Waals surface area contributed by atoms with E-state index in [0.29, 0.717) is 30.2 Å². The van der Waals surface area contributed by atoms with Gasteiger partial charge in [0.15, 0.2) is 11.5 Å². The molecule has 8 heteroatoms. The van der Waals surface area contributed by atoms with Crippen LogP contribution in [0.15, 0.2) is 36.4 Å². The van der Waals surface area contributed by atoms with Gasteiger partial charge in [0.05, 0.1) is 27.4 Å². The van der Waals surface area contributed by atoms with E-state index in [-0.39, 0.29) is 5.92 Å². The number of amides is 2. The summed E-state index contributed by atoms with van der Waals surface area (Å²) in [7, 11) is 4.76. The van der Waals surface area contributed by atoms with Crippen LogP contribution in [0.1, 0.15) is 36.6 Å². The highest BCUT2D eigenvalue weighted by atomic mass is 16.5. The van der Waals surface area contributed by atoms with Crippen molar-refractivity contribution in [2.75, 3.05) is 27.9 Å². The molecule has 0 fully saturated rings. The normalized spacial score (nSPS) is 16.2. The molecule has 0 unspecified atom stereocenters. The molecule has 1 aliphatic heterocycles. The standard InChI is InChI=1S/C24H30N2O6/c1-14(2)21(23(27)28)25-24(29)26-11-10-16-12-19(31-4)20(32-5)13-18(16)22(26)15-6-8-17(30-3)9-7-15/h6-9,12-14,21-22H,10-11H2,1-5H3,(H,25,29)(H,27,28)/t21-,22-/m0/s1. The highest BCUT2D eigenvalue weighted by Crippen LogP contribution is 2.41. The molecule has 3 rings (SSSR count). The van der Waals surface area contributed by atoms with E-state index in [1.807, 2.05) is 36.4 Å². The average Bonchev–Trinajstić information content (AvgIpc) is 2.80. The van der Waals surface area contributed by atoms with Gasteiger partial charge in [-0.05, 0) is 53.3 Å². The van der Waals surface area contributed by atoms with Crippen LogP contribution in [0.4, 0.5) is 4.79 Å². The SMILES string of the molecule is COc1ccc([C@H]2c3cc(OC)c(OC)cc3CCN2C(=O)N[C@H](C(=O)O)C(C)C)cc1. The summed E-state index contributed by atoms with van der Waals surface area (Å²) < 4.78 is 16.2. The highest BCUT2D eigenvalue weighted by Gasteiger charge is 2.35. The summed E-state index contributed by atoms with van der Waals surface area (Å²) in [6.07, 6.45) is 0.606. The maximum atomic E-state index is 13.3. The molecule has 1 aliphatic rings. The number of fused-ring (bicyclic) bond motifs is 1. The molecule has 32 heavy (non-hydrogen) atoms. The van der Waals surface area contributed by atoms with Crippen LogP contribution in [0.3, 0.4) is 0 Å². The van der Waals surface area contributed by atoms with Crippen molar-refractivity contribution in [2.24, 2.45) is 5.92 Å². The smallest absolute Gasteiger partial charge is 0.326 e.